The number of hydrogen-bond acceptors (Lipinski definition) is 0. The van der Waals surface area contributed by atoms with Crippen molar-refractivity contribution >= 4 is 142 Å². The van der Waals surface area contributed by atoms with Crippen LogP contribution >= 0.6 is 0 Å². The summed E-state index contributed by atoms with van der Waals surface area (Å²) in [5.41, 5.74) is 11.4. The van der Waals surface area contributed by atoms with E-state index >= 15 is 0 Å². The third-order valence-corrected chi connectivity index (χ3v) is 17.7. The van der Waals surface area contributed by atoms with Crippen LogP contribution in [0.2, 0.25) is 0 Å². The number of benzene rings is 13. The van der Waals surface area contributed by atoms with Crippen LogP contribution in [0.4, 0.5) is 0 Å². The van der Waals surface area contributed by atoms with E-state index in [4.69, 9.17) is 0 Å². The highest BCUT2D eigenvalue weighted by atomic mass is 14.5. The molecule has 0 N–H and O–H groups in total. The first kappa shape index (κ1) is 32.6. The first-order valence-electron chi connectivity index (χ1n) is 23.9. The maximum atomic E-state index is 2.68. The molecule has 4 atom stereocenters. The molecule has 0 amide bonds. The average Bonchev–Trinajstić information content (AvgIpc) is 3.36. The molecule has 0 heteroatoms. The van der Waals surface area contributed by atoms with Gasteiger partial charge in [-0.2, -0.15) is 0 Å². The zero-order chi connectivity index (χ0) is 42.0. The minimum Gasteiger partial charge on any atom is -0.0794 e. The van der Waals surface area contributed by atoms with E-state index in [9.17, 15) is 0 Å². The van der Waals surface area contributed by atoms with Crippen LogP contribution in [0, 0.1) is 23.7 Å². The zero-order valence-electron chi connectivity index (χ0n) is 35.6. The summed E-state index contributed by atoms with van der Waals surface area (Å²) in [6, 6.07) is 53.2. The third-order valence-electron chi connectivity index (χ3n) is 17.7. The van der Waals surface area contributed by atoms with Gasteiger partial charge in [-0.3, -0.25) is 0 Å². The highest BCUT2D eigenvalue weighted by molar-refractivity contribution is 6.46. The lowest BCUT2D eigenvalue weighted by atomic mass is 9.59. The van der Waals surface area contributed by atoms with Crippen molar-refractivity contribution in [3.8, 4) is 11.1 Å². The van der Waals surface area contributed by atoms with E-state index in [1.807, 2.05) is 0 Å². The highest BCUT2D eigenvalue weighted by Gasteiger charge is 2.42. The fourth-order valence-electron chi connectivity index (χ4n) is 15.3. The van der Waals surface area contributed by atoms with Gasteiger partial charge in [0.05, 0.1) is 0 Å². The molecule has 0 aliphatic heterocycles. The van der Waals surface area contributed by atoms with E-state index in [-0.39, 0.29) is 17.8 Å². The summed E-state index contributed by atoms with van der Waals surface area (Å²) in [5.74, 6) is 1.07. The van der Waals surface area contributed by atoms with Crippen LogP contribution in [0.15, 0.2) is 181 Å². The number of rotatable bonds is 0. The Morgan fingerprint density at radius 1 is 0.364 bits per heavy atom. The normalized spacial score (nSPS) is 21.0. The molecule has 6 aliphatic carbocycles. The number of hydrogen-bond donors (Lipinski definition) is 0. The van der Waals surface area contributed by atoms with Crippen molar-refractivity contribution in [2.75, 3.05) is 0 Å². The predicted molar refractivity (Wildman–Crippen MR) is 281 cm³/mol. The van der Waals surface area contributed by atoms with Crippen LogP contribution in [0.5, 0.6) is 0 Å². The number of allylic oxidation sites excluding steroid dienone is 9. The van der Waals surface area contributed by atoms with Gasteiger partial charge >= 0.3 is 0 Å². The van der Waals surface area contributed by atoms with Crippen molar-refractivity contribution in [1.29, 1.82) is 0 Å². The van der Waals surface area contributed by atoms with E-state index in [1.165, 1.54) is 162 Å². The monoisotopic (exact) mass is 826 g/mol. The second-order valence-corrected chi connectivity index (χ2v) is 20.5. The predicted octanol–water partition coefficient (Wildman–Crippen LogP) is 15.6. The summed E-state index contributed by atoms with van der Waals surface area (Å²) in [5, 5.41) is 32.6. The van der Waals surface area contributed by atoms with Crippen LogP contribution in [-0.4, -0.2) is 0 Å². The molecule has 0 spiro atoms. The van der Waals surface area contributed by atoms with Crippen molar-refractivity contribution in [2.45, 2.75) is 0 Å². The summed E-state index contributed by atoms with van der Waals surface area (Å²) in [4.78, 5) is 0. The maximum absolute atomic E-state index is 2.68. The molecule has 0 saturated heterocycles. The second kappa shape index (κ2) is 10.6. The van der Waals surface area contributed by atoms with Gasteiger partial charge in [-0.15, -0.1) is 0 Å². The SMILES string of the molecule is C1=CC2C=C3c4c5cc6ccc7cc8cccc9c%10cc%11ccc%12c%13cccc(c%13cc%13ccc(c%10c%10cc4c6c7c%10c89)c%11c%13%12)-c4ccc6ccc7c(c6c4)=C1C1=C2C(C=CC1C=7)C3C=C5. The zero-order valence-corrected chi connectivity index (χ0v) is 35.6. The first-order valence-corrected chi connectivity index (χ1v) is 23.9. The molecular formula is C66H34. The lowest BCUT2D eigenvalue weighted by Gasteiger charge is -2.44. The standard InChI is InChI=1S/C66H34/c1-3-33-23-38-12-11-36-25-35-13-18-44-47-19-14-37-24-34-10-8-31-7-9-32-26-50(31)56(34)48-21-16-40(59(47)61(37)48)28-52(44)57(35)54-30-55-65-49-22-17-39-27-51-42(32)4-2-5-43(51)46-20-15-41(62(49)58(39)46)29-53(65)45(6-1)60(33)66(55)64(38)63(36)54/h1-30,37,40,44,47H. The quantitative estimate of drug-likeness (QED) is 0.0812. The molecular weight excluding hydrogens is 793 g/mol. The van der Waals surface area contributed by atoms with E-state index in [1.54, 1.807) is 11.1 Å². The van der Waals surface area contributed by atoms with Gasteiger partial charge in [-0.25, -0.2) is 0 Å². The number of fused-ring (bicyclic) bond motifs is 5. The van der Waals surface area contributed by atoms with E-state index in [0.717, 1.165) is 0 Å². The third kappa shape index (κ3) is 3.49. The molecule has 0 nitrogen and oxygen atoms in total. The molecule has 0 saturated carbocycles. The lowest BCUT2D eigenvalue weighted by molar-refractivity contribution is 0.563. The van der Waals surface area contributed by atoms with E-state index in [0.29, 0.717) is 5.92 Å². The van der Waals surface area contributed by atoms with Crippen LogP contribution < -0.4 is 10.4 Å². The second-order valence-electron chi connectivity index (χ2n) is 20.5. The van der Waals surface area contributed by atoms with Crippen molar-refractivity contribution in [3.63, 3.8) is 0 Å². The van der Waals surface area contributed by atoms with Crippen molar-refractivity contribution in [1.82, 2.24) is 0 Å². The minimum absolute atomic E-state index is 0.243. The van der Waals surface area contributed by atoms with Gasteiger partial charge < -0.3 is 0 Å². The van der Waals surface area contributed by atoms with Gasteiger partial charge in [-0.05, 0) is 210 Å². The Labute approximate surface area is 377 Å². The fourth-order valence-corrected chi connectivity index (χ4v) is 15.3. The average molecular weight is 827 g/mol. The first-order chi connectivity index (χ1) is 32.7. The van der Waals surface area contributed by atoms with Crippen molar-refractivity contribution in [2.24, 2.45) is 23.7 Å². The molecule has 15 bridgehead atoms. The Hall–Kier alpha value is -8.06. The summed E-state index contributed by atoms with van der Waals surface area (Å²) < 4.78 is 0. The van der Waals surface area contributed by atoms with Crippen molar-refractivity contribution < 1.29 is 0 Å². The summed E-state index contributed by atoms with van der Waals surface area (Å²) >= 11 is 0. The van der Waals surface area contributed by atoms with E-state index in [2.05, 4.69) is 182 Å². The summed E-state index contributed by atoms with van der Waals surface area (Å²) in [7, 11) is 0. The molecule has 13 aromatic carbocycles. The smallest absolute Gasteiger partial charge is 0.0214 e. The Balaban J connectivity index is 1.09. The van der Waals surface area contributed by atoms with Gasteiger partial charge in [0.25, 0.3) is 0 Å². The molecule has 19 rings (SSSR count). The van der Waals surface area contributed by atoms with Crippen molar-refractivity contribution in [3.05, 3.63) is 203 Å². The molecule has 13 aromatic rings. The molecule has 0 aromatic heterocycles. The van der Waals surface area contributed by atoms with E-state index < -0.39 is 0 Å². The minimum atomic E-state index is 0.243. The topological polar surface area (TPSA) is 0 Å². The fraction of sp³-hybridized carbons (Fsp3) is 0.0606. The summed E-state index contributed by atoms with van der Waals surface area (Å²) in [6.07, 6.45) is 20.5. The highest BCUT2D eigenvalue weighted by Crippen LogP contribution is 2.58. The Kier molecular flexibility index (Phi) is 5.21. The van der Waals surface area contributed by atoms with Crippen LogP contribution in [-0.2, 0) is 0 Å². The van der Waals surface area contributed by atoms with Gasteiger partial charge in [0.2, 0.25) is 0 Å². The molecule has 0 radical (unpaired) electrons. The molecule has 0 heterocycles. The van der Waals surface area contributed by atoms with Crippen LogP contribution in [0.25, 0.3) is 153 Å². The van der Waals surface area contributed by atoms with Gasteiger partial charge in [-0.1, -0.05) is 146 Å². The Morgan fingerprint density at radius 3 is 2.06 bits per heavy atom. The molecule has 6 aliphatic rings. The molecule has 298 valence electrons. The van der Waals surface area contributed by atoms with Gasteiger partial charge in [0, 0.05) is 23.7 Å². The molecule has 4 unspecified atom stereocenters. The molecule has 66 heavy (non-hydrogen) atoms. The van der Waals surface area contributed by atoms with Gasteiger partial charge in [0.1, 0.15) is 0 Å². The maximum Gasteiger partial charge on any atom is 0.0214 e. The van der Waals surface area contributed by atoms with Crippen LogP contribution in [0.1, 0.15) is 11.1 Å². The Bertz CT molecular complexity index is 4920. The molecule has 0 fully saturated rings. The summed E-state index contributed by atoms with van der Waals surface area (Å²) in [6.45, 7) is 0. The largest absolute Gasteiger partial charge is 0.0794 e. The lowest BCUT2D eigenvalue weighted by Crippen LogP contribution is -2.38. The Morgan fingerprint density at radius 2 is 1.11 bits per heavy atom. The van der Waals surface area contributed by atoms with Gasteiger partial charge in [0.15, 0.2) is 0 Å². The van der Waals surface area contributed by atoms with Crippen LogP contribution in [0.3, 0.4) is 0 Å².